The highest BCUT2D eigenvalue weighted by Gasteiger charge is 2.34. The molecule has 0 unspecified atom stereocenters. The van der Waals surface area contributed by atoms with E-state index in [0.29, 0.717) is 33.9 Å². The van der Waals surface area contributed by atoms with Crippen LogP contribution in [0, 0.1) is 11.3 Å². The van der Waals surface area contributed by atoms with Crippen molar-refractivity contribution in [1.82, 2.24) is 25.0 Å². The van der Waals surface area contributed by atoms with Gasteiger partial charge in [-0.25, -0.2) is 23.1 Å². The molecule has 0 spiro atoms. The molecule has 0 aliphatic heterocycles. The molecule has 0 radical (unpaired) electrons. The van der Waals surface area contributed by atoms with Gasteiger partial charge in [-0.15, -0.1) is 11.3 Å². The highest BCUT2D eigenvalue weighted by atomic mass is 32.2. The molecule has 12 heteroatoms. The smallest absolute Gasteiger partial charge is 0.262 e. The average Bonchev–Trinajstić information content (AvgIpc) is 3.52. The quantitative estimate of drug-likeness (QED) is 0.300. The molecule has 0 bridgehead atoms. The Morgan fingerprint density at radius 3 is 2.80 bits per heavy atom. The molecule has 35 heavy (non-hydrogen) atoms. The van der Waals surface area contributed by atoms with Crippen LogP contribution in [0.2, 0.25) is 0 Å². The second-order valence-corrected chi connectivity index (χ2v) is 10.9. The van der Waals surface area contributed by atoms with E-state index in [1.54, 1.807) is 37.8 Å². The third kappa shape index (κ3) is 4.49. The monoisotopic (exact) mass is 507 g/mol. The van der Waals surface area contributed by atoms with Crippen LogP contribution in [0.5, 0.6) is 0 Å². The van der Waals surface area contributed by atoms with Crippen LogP contribution in [-0.4, -0.2) is 48.4 Å². The number of H-pyrrole nitrogens is 1. The van der Waals surface area contributed by atoms with E-state index < -0.39 is 10.0 Å². The number of rotatable bonds is 7. The molecule has 1 fully saturated rings. The van der Waals surface area contributed by atoms with Crippen molar-refractivity contribution >= 4 is 44.0 Å². The third-order valence-corrected chi connectivity index (χ3v) is 8.40. The van der Waals surface area contributed by atoms with E-state index in [1.807, 2.05) is 12.1 Å². The van der Waals surface area contributed by atoms with Gasteiger partial charge in [-0.05, 0) is 37.1 Å². The van der Waals surface area contributed by atoms with Crippen LogP contribution in [0.25, 0.3) is 21.6 Å². The Kier molecular flexibility index (Phi) is 5.98. The molecule has 5 rings (SSSR count). The highest BCUT2D eigenvalue weighted by molar-refractivity contribution is 7.89. The summed E-state index contributed by atoms with van der Waals surface area (Å²) < 4.78 is 28.2. The molecule has 1 saturated carbocycles. The first kappa shape index (κ1) is 23.0. The van der Waals surface area contributed by atoms with E-state index in [1.165, 1.54) is 23.5 Å². The summed E-state index contributed by atoms with van der Waals surface area (Å²) in [5.74, 6) is -0.201. The van der Waals surface area contributed by atoms with Gasteiger partial charge in [-0.2, -0.15) is 5.26 Å². The zero-order valence-electron chi connectivity index (χ0n) is 18.6. The maximum Gasteiger partial charge on any atom is 0.262 e. The van der Waals surface area contributed by atoms with Gasteiger partial charge in [0.05, 0.1) is 34.0 Å². The molecule has 178 valence electrons. The van der Waals surface area contributed by atoms with Gasteiger partial charge in [-0.1, -0.05) is 6.07 Å². The third-order valence-electron chi connectivity index (χ3n) is 5.86. The molecule has 1 amide bonds. The summed E-state index contributed by atoms with van der Waals surface area (Å²) in [6.07, 6.45) is 6.24. The van der Waals surface area contributed by atoms with Gasteiger partial charge in [0.1, 0.15) is 15.5 Å². The van der Waals surface area contributed by atoms with Crippen LogP contribution in [-0.2, 0) is 10.0 Å². The van der Waals surface area contributed by atoms with Gasteiger partial charge < -0.3 is 15.6 Å². The molecule has 0 atom stereocenters. The number of nitriles is 1. The molecule has 10 nitrogen and oxygen atoms in total. The van der Waals surface area contributed by atoms with Gasteiger partial charge in [0.2, 0.25) is 10.0 Å². The molecule has 1 aromatic carbocycles. The van der Waals surface area contributed by atoms with Crippen LogP contribution in [0.3, 0.4) is 0 Å². The summed E-state index contributed by atoms with van der Waals surface area (Å²) in [6, 6.07) is 9.65. The summed E-state index contributed by atoms with van der Waals surface area (Å²) in [6.45, 7) is 0. The van der Waals surface area contributed by atoms with Gasteiger partial charge >= 0.3 is 0 Å². The predicted molar refractivity (Wildman–Crippen MR) is 133 cm³/mol. The molecule has 3 heterocycles. The lowest BCUT2D eigenvalue weighted by atomic mass is 9.87. The molecular formula is C23H21N7O3S2. The molecule has 1 aliphatic rings. The van der Waals surface area contributed by atoms with Crippen molar-refractivity contribution < 1.29 is 13.2 Å². The van der Waals surface area contributed by atoms with E-state index >= 15 is 0 Å². The fourth-order valence-corrected chi connectivity index (χ4v) is 6.19. The number of aromatic amines is 1. The Hall–Kier alpha value is -3.79. The number of hydrogen-bond donors (Lipinski definition) is 4. The number of fused-ring (bicyclic) bond motifs is 1. The number of thiazole rings is 1. The van der Waals surface area contributed by atoms with Gasteiger partial charge in [0, 0.05) is 36.9 Å². The number of anilines is 1. The zero-order valence-corrected chi connectivity index (χ0v) is 20.2. The molecule has 4 aromatic rings. The van der Waals surface area contributed by atoms with Crippen molar-refractivity contribution in [3.05, 3.63) is 59.4 Å². The molecule has 4 N–H and O–H groups in total. The number of carbonyl (C=O) groups excluding carboxylic acids is 1. The number of amides is 1. The van der Waals surface area contributed by atoms with Crippen LogP contribution >= 0.6 is 11.3 Å². The van der Waals surface area contributed by atoms with Crippen molar-refractivity contribution in [2.24, 2.45) is 0 Å². The van der Waals surface area contributed by atoms with E-state index in [-0.39, 0.29) is 22.9 Å². The van der Waals surface area contributed by atoms with Crippen LogP contribution < -0.4 is 15.4 Å². The van der Waals surface area contributed by atoms with Crippen molar-refractivity contribution in [3.8, 4) is 16.6 Å². The lowest BCUT2D eigenvalue weighted by molar-refractivity contribution is 0.0967. The predicted octanol–water partition coefficient (Wildman–Crippen LogP) is 2.84. The van der Waals surface area contributed by atoms with Crippen molar-refractivity contribution in [3.63, 3.8) is 0 Å². The first-order valence-corrected chi connectivity index (χ1v) is 13.1. The van der Waals surface area contributed by atoms with Crippen molar-refractivity contribution in [2.75, 3.05) is 12.4 Å². The second-order valence-electron chi connectivity index (χ2n) is 8.17. The highest BCUT2D eigenvalue weighted by Crippen LogP contribution is 2.38. The Balaban J connectivity index is 1.33. The Bertz CT molecular complexity index is 1560. The van der Waals surface area contributed by atoms with E-state index in [4.69, 9.17) is 5.26 Å². The summed E-state index contributed by atoms with van der Waals surface area (Å²) in [7, 11) is -2.15. The van der Waals surface area contributed by atoms with Gasteiger partial charge in [-0.3, -0.25) is 4.79 Å². The lowest BCUT2D eigenvalue weighted by Crippen LogP contribution is -2.49. The van der Waals surface area contributed by atoms with E-state index in [9.17, 15) is 13.2 Å². The first-order valence-electron chi connectivity index (χ1n) is 10.8. The topological polar surface area (TPSA) is 153 Å². The number of benzene rings is 1. The first-order chi connectivity index (χ1) is 16.9. The molecule has 1 aliphatic carbocycles. The summed E-state index contributed by atoms with van der Waals surface area (Å²) >= 11 is 1.28. The maximum atomic E-state index is 12.7. The van der Waals surface area contributed by atoms with Crippen LogP contribution in [0.4, 0.5) is 5.69 Å². The Labute approximate surface area is 205 Å². The number of nitrogens with zero attached hydrogens (tertiary/aromatic N) is 3. The normalized spacial score (nSPS) is 17.5. The average molecular weight is 508 g/mol. The number of aromatic nitrogens is 3. The van der Waals surface area contributed by atoms with Crippen molar-refractivity contribution in [1.29, 1.82) is 5.26 Å². The number of hydrogen-bond acceptors (Lipinski definition) is 8. The minimum absolute atomic E-state index is 0.0331. The summed E-state index contributed by atoms with van der Waals surface area (Å²) in [4.78, 5) is 24.6. The number of nitrogens with one attached hydrogen (secondary N) is 4. The van der Waals surface area contributed by atoms with Crippen LogP contribution in [0.1, 0.15) is 28.1 Å². The molecular weight excluding hydrogens is 486 g/mol. The second kappa shape index (κ2) is 9.10. The van der Waals surface area contributed by atoms with E-state index in [2.05, 4.69) is 30.3 Å². The molecule has 0 saturated heterocycles. The summed E-state index contributed by atoms with van der Waals surface area (Å²) in [5.41, 5.74) is 2.62. The van der Waals surface area contributed by atoms with Crippen LogP contribution in [0.15, 0.2) is 53.8 Å². The zero-order chi connectivity index (χ0) is 24.6. The summed E-state index contributed by atoms with van der Waals surface area (Å²) in [5, 5.41) is 16.7. The minimum Gasteiger partial charge on any atom is -0.381 e. The Morgan fingerprint density at radius 1 is 1.20 bits per heavy atom. The standard InChI is InChI=1S/C23H21N7O3S2/c1-25-22(31)19-12-28-23(34-19)18-11-27-21-17(5-6-26-21)20(18)29-14-8-15(9-14)30-35(32,33)16-4-2-3-13(7-16)10-24/h2-7,11-12,14-15,30H,8-9H2,1H3,(H,25,31)(H2,26,27,29). The number of carbonyl (C=O) groups is 1. The maximum absolute atomic E-state index is 12.7. The van der Waals surface area contributed by atoms with E-state index in [0.717, 1.165) is 16.6 Å². The Morgan fingerprint density at radius 2 is 2.03 bits per heavy atom. The number of pyridine rings is 1. The lowest BCUT2D eigenvalue weighted by Gasteiger charge is -2.37. The van der Waals surface area contributed by atoms with Crippen molar-refractivity contribution in [2.45, 2.75) is 29.8 Å². The van der Waals surface area contributed by atoms with Gasteiger partial charge in [0.15, 0.2) is 0 Å². The van der Waals surface area contributed by atoms with Gasteiger partial charge in [0.25, 0.3) is 5.91 Å². The SMILES string of the molecule is CNC(=O)c1cnc(-c2cnc3[nH]ccc3c2NC2CC(NS(=O)(=O)c3cccc(C#N)c3)C2)s1. The fourth-order valence-electron chi connectivity index (χ4n) is 4.01. The minimum atomic E-state index is -3.72. The molecule has 3 aromatic heterocycles. The fraction of sp³-hybridized carbons (Fsp3) is 0.217. The number of sulfonamides is 1. The largest absolute Gasteiger partial charge is 0.381 e.